The molecule has 3 nitrogen and oxygen atoms in total. The summed E-state index contributed by atoms with van der Waals surface area (Å²) in [5.74, 6) is 0.266. The first-order valence-electron chi connectivity index (χ1n) is 5.99. The highest BCUT2D eigenvalue weighted by Crippen LogP contribution is 2.23. The van der Waals surface area contributed by atoms with Crippen LogP contribution in [-0.2, 0) is 4.74 Å². The number of hydrogen-bond donors (Lipinski definition) is 1. The predicted octanol–water partition coefficient (Wildman–Crippen LogP) is 2.91. The van der Waals surface area contributed by atoms with Crippen LogP contribution in [0.4, 0.5) is 4.39 Å². The van der Waals surface area contributed by atoms with Crippen LogP contribution in [0.25, 0.3) is 0 Å². The summed E-state index contributed by atoms with van der Waals surface area (Å²) < 4.78 is 24.0. The fraction of sp³-hybridized carbons (Fsp3) is 0.571. The Morgan fingerprint density at radius 3 is 2.50 bits per heavy atom. The minimum Gasteiger partial charge on any atom is -0.497 e. The molecule has 0 aromatic heterocycles. The second-order valence-electron chi connectivity index (χ2n) is 5.07. The standard InChI is InChI=1S/C14H22FNO2/c1-10(16-14(2,3)9-17-4)12-7-6-11(18-5)8-13(12)15/h6-8,10,16H,9H2,1-5H3. The third-order valence-corrected chi connectivity index (χ3v) is 2.79. The fourth-order valence-corrected chi connectivity index (χ4v) is 2.05. The zero-order valence-electron chi connectivity index (χ0n) is 11.7. The Hall–Kier alpha value is -1.13. The van der Waals surface area contributed by atoms with Gasteiger partial charge in [0.2, 0.25) is 0 Å². The quantitative estimate of drug-likeness (QED) is 0.847. The Bertz CT molecular complexity index is 393. The van der Waals surface area contributed by atoms with Gasteiger partial charge in [-0.15, -0.1) is 0 Å². The maximum atomic E-state index is 13.9. The molecule has 0 bridgehead atoms. The van der Waals surface area contributed by atoms with Gasteiger partial charge in [-0.25, -0.2) is 4.39 Å². The molecule has 1 N–H and O–H groups in total. The molecule has 0 aliphatic carbocycles. The van der Waals surface area contributed by atoms with Gasteiger partial charge in [0.05, 0.1) is 13.7 Å². The van der Waals surface area contributed by atoms with E-state index in [0.717, 1.165) is 0 Å². The molecule has 18 heavy (non-hydrogen) atoms. The lowest BCUT2D eigenvalue weighted by Crippen LogP contribution is -2.44. The molecule has 4 heteroatoms. The molecule has 0 radical (unpaired) electrons. The Balaban J connectivity index is 2.81. The molecular formula is C14H22FNO2. The first kappa shape index (κ1) is 14.9. The van der Waals surface area contributed by atoms with Crippen molar-refractivity contribution in [3.8, 4) is 5.75 Å². The summed E-state index contributed by atoms with van der Waals surface area (Å²) in [6.07, 6.45) is 0. The van der Waals surface area contributed by atoms with Crippen molar-refractivity contribution in [3.05, 3.63) is 29.6 Å². The van der Waals surface area contributed by atoms with Gasteiger partial charge in [-0.2, -0.15) is 0 Å². The minimum absolute atomic E-state index is 0.0962. The van der Waals surface area contributed by atoms with Gasteiger partial charge in [0.15, 0.2) is 0 Å². The highest BCUT2D eigenvalue weighted by atomic mass is 19.1. The van der Waals surface area contributed by atoms with Gasteiger partial charge in [0, 0.05) is 30.3 Å². The summed E-state index contributed by atoms with van der Waals surface area (Å²) in [5.41, 5.74) is 0.417. The normalized spacial score (nSPS) is 13.4. The molecule has 0 aliphatic heterocycles. The van der Waals surface area contributed by atoms with E-state index in [1.165, 1.54) is 13.2 Å². The summed E-state index contributed by atoms with van der Waals surface area (Å²) >= 11 is 0. The van der Waals surface area contributed by atoms with Crippen LogP contribution < -0.4 is 10.1 Å². The van der Waals surface area contributed by atoms with E-state index in [0.29, 0.717) is 17.9 Å². The SMILES string of the molecule is COCC(C)(C)NC(C)c1ccc(OC)cc1F. The molecule has 0 saturated heterocycles. The fourth-order valence-electron chi connectivity index (χ4n) is 2.05. The highest BCUT2D eigenvalue weighted by molar-refractivity contribution is 5.30. The van der Waals surface area contributed by atoms with Crippen LogP contribution >= 0.6 is 0 Å². The number of methoxy groups -OCH3 is 2. The molecule has 1 rings (SSSR count). The van der Waals surface area contributed by atoms with Crippen LogP contribution in [0.5, 0.6) is 5.75 Å². The largest absolute Gasteiger partial charge is 0.497 e. The molecule has 1 unspecified atom stereocenters. The Kier molecular flexibility index (Phi) is 5.11. The first-order chi connectivity index (χ1) is 8.39. The van der Waals surface area contributed by atoms with Crippen molar-refractivity contribution in [2.45, 2.75) is 32.4 Å². The molecule has 0 heterocycles. The van der Waals surface area contributed by atoms with Gasteiger partial charge in [-0.3, -0.25) is 0 Å². The molecule has 0 amide bonds. The van der Waals surface area contributed by atoms with E-state index in [4.69, 9.17) is 9.47 Å². The van der Waals surface area contributed by atoms with Crippen molar-refractivity contribution >= 4 is 0 Å². The first-order valence-corrected chi connectivity index (χ1v) is 5.99. The molecule has 102 valence electrons. The van der Waals surface area contributed by atoms with Crippen LogP contribution in [-0.4, -0.2) is 26.4 Å². The molecular weight excluding hydrogens is 233 g/mol. The van der Waals surface area contributed by atoms with E-state index in [2.05, 4.69) is 5.32 Å². The van der Waals surface area contributed by atoms with Gasteiger partial charge in [-0.05, 0) is 26.8 Å². The van der Waals surface area contributed by atoms with Crippen molar-refractivity contribution in [2.75, 3.05) is 20.8 Å². The average molecular weight is 255 g/mol. The van der Waals surface area contributed by atoms with Crippen LogP contribution in [0.3, 0.4) is 0 Å². The summed E-state index contributed by atoms with van der Waals surface area (Å²) in [5, 5.41) is 3.35. The third kappa shape index (κ3) is 3.96. The van der Waals surface area contributed by atoms with Gasteiger partial charge in [-0.1, -0.05) is 6.07 Å². The van der Waals surface area contributed by atoms with E-state index < -0.39 is 0 Å². The number of halogens is 1. The lowest BCUT2D eigenvalue weighted by molar-refractivity contribution is 0.121. The number of nitrogens with one attached hydrogen (secondary N) is 1. The number of ether oxygens (including phenoxy) is 2. The Morgan fingerprint density at radius 1 is 1.33 bits per heavy atom. The number of hydrogen-bond acceptors (Lipinski definition) is 3. The zero-order chi connectivity index (χ0) is 13.8. The van der Waals surface area contributed by atoms with E-state index in [1.54, 1.807) is 19.2 Å². The Morgan fingerprint density at radius 2 is 2.00 bits per heavy atom. The summed E-state index contributed by atoms with van der Waals surface area (Å²) in [4.78, 5) is 0. The van der Waals surface area contributed by atoms with Gasteiger partial charge >= 0.3 is 0 Å². The monoisotopic (exact) mass is 255 g/mol. The molecule has 1 aromatic rings. The van der Waals surface area contributed by atoms with Crippen molar-refractivity contribution in [3.63, 3.8) is 0 Å². The second-order valence-corrected chi connectivity index (χ2v) is 5.07. The second kappa shape index (κ2) is 6.16. The molecule has 1 atom stereocenters. The smallest absolute Gasteiger partial charge is 0.131 e. The topological polar surface area (TPSA) is 30.5 Å². The molecule has 1 aromatic carbocycles. The number of rotatable bonds is 6. The summed E-state index contributed by atoms with van der Waals surface area (Å²) in [6.45, 7) is 6.54. The molecule has 0 fully saturated rings. The third-order valence-electron chi connectivity index (χ3n) is 2.79. The molecule has 0 aliphatic rings. The van der Waals surface area contributed by atoms with Crippen LogP contribution in [0.2, 0.25) is 0 Å². The van der Waals surface area contributed by atoms with Crippen molar-refractivity contribution in [1.29, 1.82) is 0 Å². The Labute approximate surface area is 108 Å². The van der Waals surface area contributed by atoms with E-state index in [1.807, 2.05) is 20.8 Å². The van der Waals surface area contributed by atoms with Crippen molar-refractivity contribution < 1.29 is 13.9 Å². The lowest BCUT2D eigenvalue weighted by Gasteiger charge is -2.30. The highest BCUT2D eigenvalue weighted by Gasteiger charge is 2.22. The van der Waals surface area contributed by atoms with Crippen molar-refractivity contribution in [2.24, 2.45) is 0 Å². The van der Waals surface area contributed by atoms with Crippen molar-refractivity contribution in [1.82, 2.24) is 5.32 Å². The van der Waals surface area contributed by atoms with Gasteiger partial charge in [0.1, 0.15) is 11.6 Å². The predicted molar refractivity (Wildman–Crippen MR) is 70.5 cm³/mol. The van der Waals surface area contributed by atoms with E-state index >= 15 is 0 Å². The zero-order valence-corrected chi connectivity index (χ0v) is 11.7. The minimum atomic E-state index is -0.262. The van der Waals surface area contributed by atoms with Gasteiger partial charge < -0.3 is 14.8 Å². The molecule has 0 saturated carbocycles. The van der Waals surface area contributed by atoms with E-state index in [9.17, 15) is 4.39 Å². The number of benzene rings is 1. The van der Waals surface area contributed by atoms with Crippen LogP contribution in [0.15, 0.2) is 18.2 Å². The maximum Gasteiger partial charge on any atom is 0.131 e. The summed E-state index contributed by atoms with van der Waals surface area (Å²) in [7, 11) is 3.18. The molecule has 0 spiro atoms. The average Bonchev–Trinajstić information content (AvgIpc) is 2.27. The summed E-state index contributed by atoms with van der Waals surface area (Å²) in [6, 6.07) is 4.81. The van der Waals surface area contributed by atoms with Gasteiger partial charge in [0.25, 0.3) is 0 Å². The maximum absolute atomic E-state index is 13.9. The van der Waals surface area contributed by atoms with Crippen LogP contribution in [0, 0.1) is 5.82 Å². The van der Waals surface area contributed by atoms with E-state index in [-0.39, 0.29) is 17.4 Å². The lowest BCUT2D eigenvalue weighted by atomic mass is 10.0. The van der Waals surface area contributed by atoms with Crippen LogP contribution in [0.1, 0.15) is 32.4 Å².